The maximum Gasteiger partial charge on any atom is 0.273 e. The van der Waals surface area contributed by atoms with E-state index < -0.39 is 0 Å². The van der Waals surface area contributed by atoms with Gasteiger partial charge in [-0.25, -0.2) is 4.68 Å². The van der Waals surface area contributed by atoms with E-state index in [1.807, 2.05) is 41.2 Å². The Morgan fingerprint density at radius 1 is 1.36 bits per heavy atom. The van der Waals surface area contributed by atoms with E-state index in [0.29, 0.717) is 31.1 Å². The fourth-order valence-electron chi connectivity index (χ4n) is 3.17. The van der Waals surface area contributed by atoms with Crippen LogP contribution < -0.4 is 10.1 Å². The summed E-state index contributed by atoms with van der Waals surface area (Å²) < 4.78 is 14.7. The van der Waals surface area contributed by atoms with Crippen molar-refractivity contribution in [2.24, 2.45) is 0 Å². The largest absolute Gasteiger partial charge is 0.497 e. The molecule has 1 amide bonds. The number of amides is 1. The van der Waals surface area contributed by atoms with Gasteiger partial charge in [-0.2, -0.15) is 5.10 Å². The first-order valence-electron chi connectivity index (χ1n) is 9.18. The van der Waals surface area contributed by atoms with Crippen LogP contribution in [0.4, 0.5) is 0 Å². The Bertz CT molecular complexity index is 920. The van der Waals surface area contributed by atoms with Gasteiger partial charge in [-0.3, -0.25) is 9.48 Å². The van der Waals surface area contributed by atoms with Crippen LogP contribution in [0.1, 0.15) is 34.3 Å². The molecule has 0 fully saturated rings. The number of nitrogens with one attached hydrogen (secondary N) is 1. The minimum Gasteiger partial charge on any atom is -0.497 e. The fraction of sp³-hybridized carbons (Fsp3) is 0.368. The van der Waals surface area contributed by atoms with Gasteiger partial charge in [0.05, 0.1) is 26.0 Å². The number of carbonyl (C=O) groups is 1. The van der Waals surface area contributed by atoms with E-state index in [2.05, 4.69) is 20.7 Å². The minimum absolute atomic E-state index is 0.134. The number of ether oxygens (including phenoxy) is 2. The van der Waals surface area contributed by atoms with Gasteiger partial charge in [-0.15, -0.1) is 5.10 Å². The summed E-state index contributed by atoms with van der Waals surface area (Å²) in [6.07, 6.45) is 4.28. The number of benzene rings is 1. The van der Waals surface area contributed by atoms with Gasteiger partial charge in [-0.05, 0) is 30.2 Å². The predicted octanol–water partition coefficient (Wildman–Crippen LogP) is 1.57. The highest BCUT2D eigenvalue weighted by Gasteiger charge is 2.27. The van der Waals surface area contributed by atoms with Crippen LogP contribution in [0.2, 0.25) is 0 Å². The van der Waals surface area contributed by atoms with Crippen LogP contribution in [0.25, 0.3) is 0 Å². The van der Waals surface area contributed by atoms with Crippen LogP contribution in [-0.2, 0) is 24.4 Å². The van der Waals surface area contributed by atoms with Crippen molar-refractivity contribution in [3.8, 4) is 5.75 Å². The van der Waals surface area contributed by atoms with Crippen LogP contribution in [0.3, 0.4) is 0 Å². The van der Waals surface area contributed by atoms with Gasteiger partial charge in [0.25, 0.3) is 5.91 Å². The number of rotatable bonds is 7. The van der Waals surface area contributed by atoms with Crippen molar-refractivity contribution < 1.29 is 14.3 Å². The molecule has 0 saturated heterocycles. The minimum atomic E-state index is -0.229. The summed E-state index contributed by atoms with van der Waals surface area (Å²) in [4.78, 5) is 12.4. The van der Waals surface area contributed by atoms with Crippen LogP contribution in [0, 0.1) is 0 Å². The number of fused-ring (bicyclic) bond motifs is 1. The summed E-state index contributed by atoms with van der Waals surface area (Å²) in [5.74, 6) is 0.570. The number of hydrogen-bond acceptors (Lipinski definition) is 6. The van der Waals surface area contributed by atoms with Gasteiger partial charge < -0.3 is 14.8 Å². The summed E-state index contributed by atoms with van der Waals surface area (Å²) in [6.45, 7) is 2.10. The predicted molar refractivity (Wildman–Crippen MR) is 99.7 cm³/mol. The molecule has 1 aliphatic heterocycles. The van der Waals surface area contributed by atoms with Crippen molar-refractivity contribution in [3.05, 3.63) is 59.7 Å². The molecule has 1 aliphatic rings. The molecule has 2 aromatic heterocycles. The molecule has 0 bridgehead atoms. The fourth-order valence-corrected chi connectivity index (χ4v) is 3.17. The third-order valence-corrected chi connectivity index (χ3v) is 4.71. The van der Waals surface area contributed by atoms with E-state index in [0.717, 1.165) is 24.3 Å². The van der Waals surface area contributed by atoms with Crippen molar-refractivity contribution in [1.82, 2.24) is 30.1 Å². The lowest BCUT2D eigenvalue weighted by molar-refractivity contribution is -0.00179. The molecule has 1 N–H and O–H groups in total. The lowest BCUT2D eigenvalue weighted by atomic mass is 10.1. The Balaban J connectivity index is 1.34. The Hall–Kier alpha value is -3.20. The van der Waals surface area contributed by atoms with Gasteiger partial charge in [0.2, 0.25) is 0 Å². The molecule has 9 heteroatoms. The van der Waals surface area contributed by atoms with Crippen LogP contribution in [0.15, 0.2) is 42.7 Å². The molecule has 28 heavy (non-hydrogen) atoms. The van der Waals surface area contributed by atoms with E-state index in [9.17, 15) is 4.79 Å². The van der Waals surface area contributed by atoms with Crippen molar-refractivity contribution in [1.29, 1.82) is 0 Å². The number of methoxy groups -OCH3 is 1. The lowest BCUT2D eigenvalue weighted by Gasteiger charge is -2.24. The zero-order valence-corrected chi connectivity index (χ0v) is 15.6. The normalized spacial score (nSPS) is 15.8. The van der Waals surface area contributed by atoms with Crippen LogP contribution in [0.5, 0.6) is 5.75 Å². The molecule has 1 atom stereocenters. The van der Waals surface area contributed by atoms with Gasteiger partial charge in [-0.1, -0.05) is 17.3 Å². The quantitative estimate of drug-likeness (QED) is 0.623. The number of carbonyl (C=O) groups excluding carboxylic acids is 1. The number of hydrogen-bond donors (Lipinski definition) is 1. The summed E-state index contributed by atoms with van der Waals surface area (Å²) in [7, 11) is 1.64. The molecule has 9 nitrogen and oxygen atoms in total. The third-order valence-electron chi connectivity index (χ3n) is 4.71. The average Bonchev–Trinajstić information content (AvgIpc) is 3.40. The maximum absolute atomic E-state index is 12.4. The summed E-state index contributed by atoms with van der Waals surface area (Å²) in [6, 6.07) is 9.62. The Morgan fingerprint density at radius 3 is 2.96 bits per heavy atom. The van der Waals surface area contributed by atoms with E-state index in [1.165, 1.54) is 0 Å². The number of nitrogens with zero attached hydrogens (tertiary/aromatic N) is 5. The highest BCUT2D eigenvalue weighted by Crippen LogP contribution is 2.28. The molecule has 0 unspecified atom stereocenters. The van der Waals surface area contributed by atoms with Crippen LogP contribution in [-0.4, -0.2) is 44.3 Å². The highest BCUT2D eigenvalue weighted by atomic mass is 16.5. The Kier molecular flexibility index (Phi) is 5.34. The summed E-state index contributed by atoms with van der Waals surface area (Å²) in [5.41, 5.74) is 2.06. The molecule has 3 heterocycles. The Labute approximate surface area is 162 Å². The van der Waals surface area contributed by atoms with E-state index in [4.69, 9.17) is 9.47 Å². The second kappa shape index (κ2) is 8.22. The maximum atomic E-state index is 12.4. The lowest BCUT2D eigenvalue weighted by Crippen LogP contribution is -2.28. The molecular weight excluding hydrogens is 360 g/mol. The zero-order valence-electron chi connectivity index (χ0n) is 15.6. The average molecular weight is 382 g/mol. The smallest absolute Gasteiger partial charge is 0.273 e. The van der Waals surface area contributed by atoms with Crippen molar-refractivity contribution in [2.45, 2.75) is 32.2 Å². The molecule has 0 radical (unpaired) electrons. The van der Waals surface area contributed by atoms with Crippen molar-refractivity contribution >= 4 is 5.91 Å². The summed E-state index contributed by atoms with van der Waals surface area (Å²) in [5, 5.41) is 15.2. The monoisotopic (exact) mass is 382 g/mol. The van der Waals surface area contributed by atoms with Gasteiger partial charge in [0.1, 0.15) is 11.9 Å². The number of aromatic nitrogens is 5. The third kappa shape index (κ3) is 3.89. The van der Waals surface area contributed by atoms with E-state index >= 15 is 0 Å². The number of aryl methyl sites for hydroxylation is 1. The Morgan fingerprint density at radius 2 is 2.21 bits per heavy atom. The van der Waals surface area contributed by atoms with Gasteiger partial charge in [0.15, 0.2) is 5.69 Å². The molecule has 146 valence electrons. The van der Waals surface area contributed by atoms with E-state index in [-0.39, 0.29) is 12.0 Å². The highest BCUT2D eigenvalue weighted by molar-refractivity contribution is 5.93. The first kappa shape index (κ1) is 18.2. The molecule has 0 spiro atoms. The molecule has 0 saturated carbocycles. The second-order valence-corrected chi connectivity index (χ2v) is 6.52. The van der Waals surface area contributed by atoms with E-state index in [1.54, 1.807) is 18.0 Å². The molecule has 1 aromatic carbocycles. The topological polar surface area (TPSA) is 96.1 Å². The second-order valence-electron chi connectivity index (χ2n) is 6.52. The molecule has 3 aromatic rings. The molecule has 0 aliphatic carbocycles. The zero-order chi connectivity index (χ0) is 19.3. The van der Waals surface area contributed by atoms with Gasteiger partial charge >= 0.3 is 0 Å². The standard InChI is InChI=1S/C19H22N6O3/c1-27-15-6-4-14(5-7-15)17-12-25-16(13-28-17)18(22-23-25)19(26)20-8-2-10-24-11-3-9-21-24/h3-7,9,11,17H,2,8,10,12-13H2,1H3,(H,20,26)/t17-/m1/s1. The molecule has 4 rings (SSSR count). The first-order chi connectivity index (χ1) is 13.7. The SMILES string of the molecule is COc1ccc([C@H]2Cn3nnc(C(=O)NCCCn4cccn4)c3CO2)cc1. The first-order valence-corrected chi connectivity index (χ1v) is 9.18. The van der Waals surface area contributed by atoms with Crippen molar-refractivity contribution in [3.63, 3.8) is 0 Å². The van der Waals surface area contributed by atoms with Crippen LogP contribution >= 0.6 is 0 Å². The summed E-state index contributed by atoms with van der Waals surface area (Å²) >= 11 is 0. The van der Waals surface area contributed by atoms with Gasteiger partial charge in [0, 0.05) is 25.5 Å². The molecular formula is C19H22N6O3. The van der Waals surface area contributed by atoms with Crippen molar-refractivity contribution in [2.75, 3.05) is 13.7 Å².